The number of benzene rings is 1. The minimum atomic E-state index is 0.373. The summed E-state index contributed by atoms with van der Waals surface area (Å²) in [6, 6.07) is 10.9. The molecular formula is C14H17N3. The van der Waals surface area contributed by atoms with E-state index in [0.717, 1.165) is 18.7 Å². The zero-order valence-electron chi connectivity index (χ0n) is 10.0. The Balaban J connectivity index is 1.97. The van der Waals surface area contributed by atoms with Crippen LogP contribution in [0.15, 0.2) is 48.9 Å². The van der Waals surface area contributed by atoms with Crippen LogP contribution in [0.1, 0.15) is 30.6 Å². The van der Waals surface area contributed by atoms with Gasteiger partial charge < -0.3 is 5.32 Å². The molecule has 17 heavy (non-hydrogen) atoms. The SMILES string of the molecule is CCC(NCc1cnccn1)c1ccccc1. The highest BCUT2D eigenvalue weighted by Crippen LogP contribution is 2.16. The summed E-state index contributed by atoms with van der Waals surface area (Å²) >= 11 is 0. The maximum Gasteiger partial charge on any atom is 0.0724 e. The van der Waals surface area contributed by atoms with Crippen LogP contribution in [-0.4, -0.2) is 9.97 Å². The highest BCUT2D eigenvalue weighted by Gasteiger charge is 2.07. The number of rotatable bonds is 5. The molecule has 0 aliphatic carbocycles. The molecule has 0 saturated carbocycles. The molecule has 2 rings (SSSR count). The third-order valence-corrected chi connectivity index (χ3v) is 2.76. The second kappa shape index (κ2) is 6.11. The Hall–Kier alpha value is -1.74. The van der Waals surface area contributed by atoms with Gasteiger partial charge >= 0.3 is 0 Å². The van der Waals surface area contributed by atoms with Crippen molar-refractivity contribution in [2.45, 2.75) is 25.9 Å². The lowest BCUT2D eigenvalue weighted by molar-refractivity contribution is 0.513. The predicted octanol–water partition coefficient (Wildman–Crippen LogP) is 2.72. The molecule has 1 N–H and O–H groups in total. The van der Waals surface area contributed by atoms with Gasteiger partial charge in [0.05, 0.1) is 5.69 Å². The van der Waals surface area contributed by atoms with Crippen LogP contribution in [0.4, 0.5) is 0 Å². The summed E-state index contributed by atoms with van der Waals surface area (Å²) in [4.78, 5) is 8.31. The van der Waals surface area contributed by atoms with Gasteiger partial charge in [-0.05, 0) is 12.0 Å². The van der Waals surface area contributed by atoms with E-state index in [9.17, 15) is 0 Å². The van der Waals surface area contributed by atoms with Crippen LogP contribution < -0.4 is 5.32 Å². The Morgan fingerprint density at radius 1 is 1.18 bits per heavy atom. The van der Waals surface area contributed by atoms with Gasteiger partial charge in [-0.15, -0.1) is 0 Å². The molecule has 0 spiro atoms. The minimum Gasteiger partial charge on any atom is -0.304 e. The lowest BCUT2D eigenvalue weighted by Crippen LogP contribution is -2.20. The van der Waals surface area contributed by atoms with Gasteiger partial charge in [0.25, 0.3) is 0 Å². The van der Waals surface area contributed by atoms with Gasteiger partial charge in [-0.3, -0.25) is 9.97 Å². The van der Waals surface area contributed by atoms with Crippen LogP contribution in [-0.2, 0) is 6.54 Å². The maximum absolute atomic E-state index is 4.25. The molecule has 1 aromatic heterocycles. The lowest BCUT2D eigenvalue weighted by atomic mass is 10.0. The van der Waals surface area contributed by atoms with E-state index in [-0.39, 0.29) is 0 Å². The fraction of sp³-hybridized carbons (Fsp3) is 0.286. The van der Waals surface area contributed by atoms with Crippen molar-refractivity contribution >= 4 is 0 Å². The standard InChI is InChI=1S/C14H17N3/c1-2-14(12-6-4-3-5-7-12)17-11-13-10-15-8-9-16-13/h3-10,14,17H,2,11H2,1H3. The highest BCUT2D eigenvalue weighted by atomic mass is 14.9. The van der Waals surface area contributed by atoms with Gasteiger partial charge in [-0.2, -0.15) is 0 Å². The normalized spacial score (nSPS) is 12.3. The summed E-state index contributed by atoms with van der Waals surface area (Å²) in [6.45, 7) is 2.93. The first-order valence-corrected chi connectivity index (χ1v) is 5.93. The van der Waals surface area contributed by atoms with Gasteiger partial charge in [0.2, 0.25) is 0 Å². The van der Waals surface area contributed by atoms with Crippen molar-refractivity contribution in [3.8, 4) is 0 Å². The summed E-state index contributed by atoms with van der Waals surface area (Å²) in [5.74, 6) is 0. The van der Waals surface area contributed by atoms with Crippen molar-refractivity contribution in [2.75, 3.05) is 0 Å². The van der Waals surface area contributed by atoms with E-state index in [0.29, 0.717) is 6.04 Å². The van der Waals surface area contributed by atoms with Gasteiger partial charge in [-0.25, -0.2) is 0 Å². The highest BCUT2D eigenvalue weighted by molar-refractivity contribution is 5.18. The largest absolute Gasteiger partial charge is 0.304 e. The molecule has 3 heteroatoms. The summed E-state index contributed by atoms with van der Waals surface area (Å²) in [7, 11) is 0. The van der Waals surface area contributed by atoms with Crippen LogP contribution in [0, 0.1) is 0 Å². The Labute approximate surface area is 102 Å². The van der Waals surface area contributed by atoms with Gasteiger partial charge in [0.15, 0.2) is 0 Å². The first kappa shape index (κ1) is 11.7. The predicted molar refractivity (Wildman–Crippen MR) is 68.3 cm³/mol. The summed E-state index contributed by atoms with van der Waals surface area (Å²) < 4.78 is 0. The van der Waals surface area contributed by atoms with Crippen molar-refractivity contribution in [2.24, 2.45) is 0 Å². The fourth-order valence-electron chi connectivity index (χ4n) is 1.83. The van der Waals surface area contributed by atoms with Crippen molar-refractivity contribution in [3.63, 3.8) is 0 Å². The van der Waals surface area contributed by atoms with Gasteiger partial charge in [0.1, 0.15) is 0 Å². The average molecular weight is 227 g/mol. The minimum absolute atomic E-state index is 0.373. The van der Waals surface area contributed by atoms with E-state index < -0.39 is 0 Å². The second-order valence-corrected chi connectivity index (χ2v) is 3.95. The molecular weight excluding hydrogens is 210 g/mol. The van der Waals surface area contributed by atoms with E-state index in [2.05, 4.69) is 46.5 Å². The summed E-state index contributed by atoms with van der Waals surface area (Å²) in [6.07, 6.45) is 6.27. The zero-order chi connectivity index (χ0) is 11.9. The molecule has 0 saturated heterocycles. The van der Waals surface area contributed by atoms with Crippen LogP contribution in [0.3, 0.4) is 0 Å². The Kier molecular flexibility index (Phi) is 4.22. The van der Waals surface area contributed by atoms with E-state index in [1.807, 2.05) is 6.07 Å². The molecule has 0 aliphatic heterocycles. The van der Waals surface area contributed by atoms with E-state index >= 15 is 0 Å². The number of hydrogen-bond acceptors (Lipinski definition) is 3. The molecule has 1 aromatic carbocycles. The van der Waals surface area contributed by atoms with Crippen molar-refractivity contribution < 1.29 is 0 Å². The molecule has 1 unspecified atom stereocenters. The summed E-state index contributed by atoms with van der Waals surface area (Å²) in [5.41, 5.74) is 2.29. The maximum atomic E-state index is 4.25. The first-order valence-electron chi connectivity index (χ1n) is 5.93. The molecule has 1 heterocycles. The molecule has 0 aliphatic rings. The van der Waals surface area contributed by atoms with E-state index in [1.165, 1.54) is 5.56 Å². The van der Waals surface area contributed by atoms with Crippen molar-refractivity contribution in [3.05, 3.63) is 60.2 Å². The van der Waals surface area contributed by atoms with Gasteiger partial charge in [-0.1, -0.05) is 37.3 Å². The quantitative estimate of drug-likeness (QED) is 0.853. The third kappa shape index (κ3) is 3.36. The molecule has 1 atom stereocenters. The third-order valence-electron chi connectivity index (χ3n) is 2.76. The Morgan fingerprint density at radius 2 is 2.00 bits per heavy atom. The lowest BCUT2D eigenvalue weighted by Gasteiger charge is -2.16. The number of nitrogens with zero attached hydrogens (tertiary/aromatic N) is 2. The zero-order valence-corrected chi connectivity index (χ0v) is 10.0. The fourth-order valence-corrected chi connectivity index (χ4v) is 1.83. The second-order valence-electron chi connectivity index (χ2n) is 3.95. The molecule has 0 amide bonds. The smallest absolute Gasteiger partial charge is 0.0724 e. The van der Waals surface area contributed by atoms with Crippen molar-refractivity contribution in [1.82, 2.24) is 15.3 Å². The van der Waals surface area contributed by atoms with Crippen LogP contribution >= 0.6 is 0 Å². The number of nitrogens with one attached hydrogen (secondary N) is 1. The van der Waals surface area contributed by atoms with Crippen molar-refractivity contribution in [1.29, 1.82) is 0 Å². The average Bonchev–Trinajstić information content (AvgIpc) is 2.42. The molecule has 88 valence electrons. The van der Waals surface area contributed by atoms with Crippen LogP contribution in [0.25, 0.3) is 0 Å². The van der Waals surface area contributed by atoms with Crippen LogP contribution in [0.2, 0.25) is 0 Å². The van der Waals surface area contributed by atoms with E-state index in [1.54, 1.807) is 18.6 Å². The van der Waals surface area contributed by atoms with Gasteiger partial charge in [0, 0.05) is 31.2 Å². The molecule has 3 nitrogen and oxygen atoms in total. The summed E-state index contributed by atoms with van der Waals surface area (Å²) in [5, 5.41) is 3.50. The monoisotopic (exact) mass is 227 g/mol. The topological polar surface area (TPSA) is 37.8 Å². The molecule has 0 fully saturated rings. The number of aromatic nitrogens is 2. The molecule has 0 radical (unpaired) electrons. The number of hydrogen-bond donors (Lipinski definition) is 1. The molecule has 2 aromatic rings. The first-order chi connectivity index (χ1) is 8.40. The van der Waals surface area contributed by atoms with E-state index in [4.69, 9.17) is 0 Å². The Bertz CT molecular complexity index is 428. The Morgan fingerprint density at radius 3 is 2.65 bits per heavy atom. The van der Waals surface area contributed by atoms with Crippen LogP contribution in [0.5, 0.6) is 0 Å². The molecule has 0 bridgehead atoms.